The SMILES string of the molecule is CC.CC.CC.CC.CCC.CCC.CCC.CCC.CCOCC. The largest absolute Gasteiger partial charge is 0.382 e. The second-order valence-corrected chi connectivity index (χ2v) is 3.61. The molecule has 0 unspecified atom stereocenters. The molecule has 0 aliphatic heterocycles. The van der Waals surface area contributed by atoms with E-state index in [0.717, 1.165) is 13.2 Å². The van der Waals surface area contributed by atoms with Crippen LogP contribution in [0.5, 0.6) is 0 Å². The van der Waals surface area contributed by atoms with Crippen molar-refractivity contribution in [2.75, 3.05) is 13.2 Å². The van der Waals surface area contributed by atoms with E-state index < -0.39 is 0 Å². The first-order valence-corrected chi connectivity index (χ1v) is 11.6. The summed E-state index contributed by atoms with van der Waals surface area (Å²) in [7, 11) is 0. The summed E-state index contributed by atoms with van der Waals surface area (Å²) >= 11 is 0. The zero-order valence-corrected chi connectivity index (χ0v) is 22.7. The maximum atomic E-state index is 4.83. The molecule has 0 aromatic carbocycles. The average Bonchev–Trinajstić information content (AvgIpc) is 2.65. The van der Waals surface area contributed by atoms with E-state index in [0.29, 0.717) is 0 Å². The molecule has 1 nitrogen and oxygen atoms in total. The molecular weight excluding hydrogens is 304 g/mol. The first kappa shape index (κ1) is 56.3. The molecule has 0 aromatic rings. The zero-order valence-electron chi connectivity index (χ0n) is 22.7. The van der Waals surface area contributed by atoms with Crippen LogP contribution in [-0.4, -0.2) is 13.2 Å². The molecule has 0 radical (unpaired) electrons. The van der Waals surface area contributed by atoms with E-state index in [1.54, 1.807) is 0 Å². The number of hydrogen-bond acceptors (Lipinski definition) is 1. The van der Waals surface area contributed by atoms with Crippen molar-refractivity contribution >= 4 is 0 Å². The molecule has 0 amide bonds. The smallest absolute Gasteiger partial charge is 0.0437 e. The molecule has 0 atom stereocenters. The lowest BCUT2D eigenvalue weighted by Crippen LogP contribution is -1.84. The Kier molecular flexibility index (Phi) is 587. The maximum Gasteiger partial charge on any atom is 0.0437 e. The number of rotatable bonds is 2. The minimum Gasteiger partial charge on any atom is -0.382 e. The summed E-state index contributed by atoms with van der Waals surface area (Å²) in [6.45, 7) is 38.7. The van der Waals surface area contributed by atoms with Crippen LogP contribution in [0.25, 0.3) is 0 Å². The molecule has 0 N–H and O–H groups in total. The van der Waals surface area contributed by atoms with E-state index in [1.807, 2.05) is 69.2 Å². The van der Waals surface area contributed by atoms with Gasteiger partial charge in [0.1, 0.15) is 0 Å². The van der Waals surface area contributed by atoms with Gasteiger partial charge in [-0.05, 0) is 13.8 Å². The topological polar surface area (TPSA) is 9.23 Å². The Labute approximate surface area is 168 Å². The lowest BCUT2D eigenvalue weighted by Gasteiger charge is -1.86. The quantitative estimate of drug-likeness (QED) is 0.469. The van der Waals surface area contributed by atoms with Gasteiger partial charge in [-0.15, -0.1) is 0 Å². The molecule has 0 fully saturated rings. The van der Waals surface area contributed by atoms with Crippen LogP contribution >= 0.6 is 0 Å². The third-order valence-corrected chi connectivity index (χ3v) is 0.408. The van der Waals surface area contributed by atoms with E-state index in [2.05, 4.69) is 55.4 Å². The molecule has 0 bridgehead atoms. The highest BCUT2D eigenvalue weighted by Gasteiger charge is 1.64. The van der Waals surface area contributed by atoms with Gasteiger partial charge < -0.3 is 4.74 Å². The van der Waals surface area contributed by atoms with Gasteiger partial charge in [-0.1, -0.05) is 136 Å². The molecule has 1 heteroatoms. The molecule has 0 spiro atoms. The van der Waals surface area contributed by atoms with E-state index in [-0.39, 0.29) is 0 Å². The Balaban J connectivity index is -0.0000000169. The fourth-order valence-electron chi connectivity index (χ4n) is 0.204. The molecule has 25 heavy (non-hydrogen) atoms. The summed E-state index contributed by atoms with van der Waals surface area (Å²) in [5.74, 6) is 0. The van der Waals surface area contributed by atoms with Crippen LogP contribution in [0.15, 0.2) is 0 Å². The highest BCUT2D eigenvalue weighted by molar-refractivity contribution is 4.07. The van der Waals surface area contributed by atoms with Gasteiger partial charge >= 0.3 is 0 Å². The van der Waals surface area contributed by atoms with Gasteiger partial charge in [0, 0.05) is 13.2 Å². The normalized spacial score (nSPS) is 5.52. The summed E-state index contributed by atoms with van der Waals surface area (Å²) in [4.78, 5) is 0. The molecule has 0 rings (SSSR count). The predicted octanol–water partition coefficient (Wildman–Crippen LogP) is 10.8. The van der Waals surface area contributed by atoms with Gasteiger partial charge in [0.15, 0.2) is 0 Å². The summed E-state index contributed by atoms with van der Waals surface area (Å²) in [6.07, 6.45) is 5.00. The highest BCUT2D eigenvalue weighted by atomic mass is 16.5. The first-order valence-electron chi connectivity index (χ1n) is 11.6. The lowest BCUT2D eigenvalue weighted by atomic mass is 10.6. The van der Waals surface area contributed by atoms with Crippen LogP contribution in [0.3, 0.4) is 0 Å². The monoisotopic (exact) mass is 371 g/mol. The fourth-order valence-corrected chi connectivity index (χ4v) is 0.204. The summed E-state index contributed by atoms with van der Waals surface area (Å²) in [5, 5.41) is 0. The van der Waals surface area contributed by atoms with Crippen LogP contribution in [0.2, 0.25) is 0 Å². The summed E-state index contributed by atoms with van der Waals surface area (Å²) < 4.78 is 4.83. The molecule has 168 valence electrons. The summed E-state index contributed by atoms with van der Waals surface area (Å²) in [6, 6.07) is 0. The zero-order chi connectivity index (χ0) is 22.9. The minimum absolute atomic E-state index is 0.844. The molecule has 0 aliphatic rings. The molecule has 0 heterocycles. The van der Waals surface area contributed by atoms with E-state index in [9.17, 15) is 0 Å². The maximum absolute atomic E-state index is 4.83. The lowest BCUT2D eigenvalue weighted by molar-refractivity contribution is 0.162. The van der Waals surface area contributed by atoms with Crippen LogP contribution in [-0.2, 0) is 4.74 Å². The van der Waals surface area contributed by atoms with E-state index >= 15 is 0 Å². The van der Waals surface area contributed by atoms with Crippen LogP contribution < -0.4 is 0 Å². The fraction of sp³-hybridized carbons (Fsp3) is 1.00. The van der Waals surface area contributed by atoms with Crippen LogP contribution in [0.4, 0.5) is 0 Å². The average molecular weight is 371 g/mol. The highest BCUT2D eigenvalue weighted by Crippen LogP contribution is 1.64. The third-order valence-electron chi connectivity index (χ3n) is 0.408. The van der Waals surface area contributed by atoms with Crippen molar-refractivity contribution in [1.29, 1.82) is 0 Å². The molecule has 0 saturated heterocycles. The van der Waals surface area contributed by atoms with Gasteiger partial charge in [0.2, 0.25) is 0 Å². The Morgan fingerprint density at radius 1 is 0.320 bits per heavy atom. The molecule has 0 aliphatic carbocycles. The van der Waals surface area contributed by atoms with Gasteiger partial charge in [0.25, 0.3) is 0 Å². The van der Waals surface area contributed by atoms with E-state index in [1.165, 1.54) is 25.7 Å². The Bertz CT molecular complexity index is 35.4. The minimum atomic E-state index is 0.844. The van der Waals surface area contributed by atoms with Crippen molar-refractivity contribution in [3.8, 4) is 0 Å². The van der Waals surface area contributed by atoms with Crippen molar-refractivity contribution in [1.82, 2.24) is 0 Å². The van der Waals surface area contributed by atoms with Gasteiger partial charge in [-0.25, -0.2) is 0 Å². The van der Waals surface area contributed by atoms with Crippen molar-refractivity contribution in [2.24, 2.45) is 0 Å². The predicted molar refractivity (Wildman–Crippen MR) is 131 cm³/mol. The van der Waals surface area contributed by atoms with E-state index in [4.69, 9.17) is 4.74 Å². The van der Waals surface area contributed by atoms with Gasteiger partial charge in [0.05, 0.1) is 0 Å². The van der Waals surface area contributed by atoms with Crippen molar-refractivity contribution in [3.63, 3.8) is 0 Å². The van der Waals surface area contributed by atoms with Crippen LogP contribution in [0.1, 0.15) is 150 Å². The molecule has 0 aromatic heterocycles. The summed E-state index contributed by atoms with van der Waals surface area (Å²) in [5.41, 5.74) is 0. The molecular formula is C24H66O. The van der Waals surface area contributed by atoms with Crippen molar-refractivity contribution < 1.29 is 4.74 Å². The Morgan fingerprint density at radius 3 is 0.400 bits per heavy atom. The van der Waals surface area contributed by atoms with Crippen molar-refractivity contribution in [3.05, 3.63) is 0 Å². The Hall–Kier alpha value is -0.0400. The second kappa shape index (κ2) is 261. The third kappa shape index (κ3) is 3010. The van der Waals surface area contributed by atoms with Crippen molar-refractivity contribution in [2.45, 2.75) is 150 Å². The number of ether oxygens (including phenoxy) is 1. The van der Waals surface area contributed by atoms with Gasteiger partial charge in [-0.2, -0.15) is 0 Å². The van der Waals surface area contributed by atoms with Crippen LogP contribution in [0, 0.1) is 0 Å². The van der Waals surface area contributed by atoms with Gasteiger partial charge in [-0.3, -0.25) is 0 Å². The molecule has 0 saturated carbocycles. The second-order valence-electron chi connectivity index (χ2n) is 3.61. The Morgan fingerprint density at radius 2 is 0.400 bits per heavy atom. The first-order chi connectivity index (χ1) is 12.1. The standard InChI is InChI=1S/C4H10O.4C3H8.4C2H6/c1-3-5-4-2;4*1-3-2;4*1-2/h3-4H2,1-2H3;4*3H2,1-2H3;4*1-2H3. The number of hydrogen-bond donors (Lipinski definition) is 0.